The molecule has 1 aliphatic heterocycles. The lowest BCUT2D eigenvalue weighted by Gasteiger charge is -2.25. The summed E-state index contributed by atoms with van der Waals surface area (Å²) in [6.45, 7) is 4.93. The third-order valence-electron chi connectivity index (χ3n) is 4.29. The number of amides is 1. The van der Waals surface area contributed by atoms with Crippen molar-refractivity contribution in [3.8, 4) is 0 Å². The molecule has 3 heterocycles. The number of anilines is 1. The van der Waals surface area contributed by atoms with E-state index in [1.54, 1.807) is 13.3 Å². The van der Waals surface area contributed by atoms with Crippen LogP contribution in [0.2, 0.25) is 0 Å². The van der Waals surface area contributed by atoms with Gasteiger partial charge in [-0.25, -0.2) is 15.0 Å². The van der Waals surface area contributed by atoms with Crippen LogP contribution in [0.15, 0.2) is 18.6 Å². The van der Waals surface area contributed by atoms with Gasteiger partial charge in [-0.2, -0.15) is 0 Å². The zero-order valence-corrected chi connectivity index (χ0v) is 14.1. The molecule has 1 fully saturated rings. The second kappa shape index (κ2) is 6.96. The minimum absolute atomic E-state index is 0.120. The van der Waals surface area contributed by atoms with E-state index in [1.807, 2.05) is 19.9 Å². The van der Waals surface area contributed by atoms with Crippen LogP contribution in [-0.2, 0) is 4.74 Å². The van der Waals surface area contributed by atoms with Gasteiger partial charge in [0.05, 0.1) is 12.1 Å². The molecule has 0 aliphatic carbocycles. The molecule has 128 valence electrons. The molecule has 1 aliphatic rings. The van der Waals surface area contributed by atoms with Gasteiger partial charge in [-0.1, -0.05) is 0 Å². The molecule has 8 heteroatoms. The highest BCUT2D eigenvalue weighted by Crippen LogP contribution is 2.24. The Morgan fingerprint density at radius 1 is 1.50 bits per heavy atom. The summed E-state index contributed by atoms with van der Waals surface area (Å²) >= 11 is 0. The first-order valence-corrected chi connectivity index (χ1v) is 7.95. The largest absolute Gasteiger partial charge is 0.380 e. The minimum Gasteiger partial charge on any atom is -0.380 e. The van der Waals surface area contributed by atoms with Crippen LogP contribution in [0.3, 0.4) is 0 Å². The molecule has 1 saturated heterocycles. The summed E-state index contributed by atoms with van der Waals surface area (Å²) < 4.78 is 5.49. The number of rotatable bonds is 5. The van der Waals surface area contributed by atoms with Crippen LogP contribution < -0.4 is 10.2 Å². The van der Waals surface area contributed by atoms with E-state index in [0.29, 0.717) is 12.2 Å². The van der Waals surface area contributed by atoms with Gasteiger partial charge in [0.15, 0.2) is 0 Å². The molecule has 0 aromatic carbocycles. The quantitative estimate of drug-likeness (QED) is 0.843. The van der Waals surface area contributed by atoms with Gasteiger partial charge in [0, 0.05) is 32.1 Å². The van der Waals surface area contributed by atoms with Crippen molar-refractivity contribution in [1.82, 2.24) is 25.3 Å². The lowest BCUT2D eigenvalue weighted by Crippen LogP contribution is -2.40. The van der Waals surface area contributed by atoms with Crippen LogP contribution in [0.25, 0.3) is 0 Å². The number of aryl methyl sites for hydroxylation is 2. The lowest BCUT2D eigenvalue weighted by atomic mass is 10.2. The molecular formula is C16H22N6O2. The summed E-state index contributed by atoms with van der Waals surface area (Å²) in [5.74, 6) is 1.41. The Kier molecular flexibility index (Phi) is 4.75. The zero-order valence-electron chi connectivity index (χ0n) is 14.1. The topological polar surface area (TPSA) is 96.0 Å². The Labute approximate surface area is 140 Å². The Bertz CT molecular complexity index is 702. The van der Waals surface area contributed by atoms with Crippen LogP contribution in [0, 0.1) is 13.8 Å². The van der Waals surface area contributed by atoms with Crippen molar-refractivity contribution in [2.75, 3.05) is 25.1 Å². The molecule has 0 bridgehead atoms. The van der Waals surface area contributed by atoms with E-state index < -0.39 is 0 Å². The monoisotopic (exact) mass is 330 g/mol. The van der Waals surface area contributed by atoms with E-state index in [2.05, 4.69) is 30.2 Å². The first-order chi connectivity index (χ1) is 11.6. The minimum atomic E-state index is -0.166. The number of carbonyl (C=O) groups is 1. The Balaban J connectivity index is 1.68. The van der Waals surface area contributed by atoms with E-state index in [9.17, 15) is 4.79 Å². The third kappa shape index (κ3) is 3.38. The van der Waals surface area contributed by atoms with E-state index in [1.165, 1.54) is 6.33 Å². The molecule has 8 nitrogen and oxygen atoms in total. The number of imidazole rings is 1. The maximum Gasteiger partial charge on any atom is 0.271 e. The highest BCUT2D eigenvalue weighted by atomic mass is 16.5. The van der Waals surface area contributed by atoms with E-state index in [-0.39, 0.29) is 18.1 Å². The Morgan fingerprint density at radius 3 is 2.96 bits per heavy atom. The Morgan fingerprint density at radius 2 is 2.33 bits per heavy atom. The van der Waals surface area contributed by atoms with Gasteiger partial charge in [-0.05, 0) is 26.3 Å². The van der Waals surface area contributed by atoms with E-state index in [4.69, 9.17) is 4.74 Å². The van der Waals surface area contributed by atoms with Gasteiger partial charge in [0.1, 0.15) is 23.7 Å². The van der Waals surface area contributed by atoms with Gasteiger partial charge in [0.25, 0.3) is 5.91 Å². The first-order valence-electron chi connectivity index (χ1n) is 7.95. The predicted molar refractivity (Wildman–Crippen MR) is 89.0 cm³/mol. The van der Waals surface area contributed by atoms with E-state index >= 15 is 0 Å². The van der Waals surface area contributed by atoms with Gasteiger partial charge in [-0.3, -0.25) is 4.79 Å². The summed E-state index contributed by atoms with van der Waals surface area (Å²) in [5.41, 5.74) is 1.22. The second-order valence-corrected chi connectivity index (χ2v) is 5.97. The predicted octanol–water partition coefficient (Wildman–Crippen LogP) is 0.840. The summed E-state index contributed by atoms with van der Waals surface area (Å²) in [4.78, 5) is 30.1. The summed E-state index contributed by atoms with van der Waals surface area (Å²) in [7, 11) is 1.71. The fourth-order valence-corrected chi connectivity index (χ4v) is 3.10. The summed E-state index contributed by atoms with van der Waals surface area (Å²) in [6, 6.07) is 1.99. The molecule has 3 rings (SSSR count). The molecule has 2 N–H and O–H groups in total. The summed E-state index contributed by atoms with van der Waals surface area (Å²) in [6.07, 6.45) is 4.20. The summed E-state index contributed by atoms with van der Waals surface area (Å²) in [5, 5.41) is 2.98. The standard InChI is InChI=1S/C16H22N6O2/c1-10-15(21-11(2)20-10)16(23)18-7-12-6-13(24-3)8-22(12)14-4-5-17-9-19-14/h4-5,9,12-13H,6-8H2,1-3H3,(H,18,23)(H,20,21)/t12-,13-/m1/s1. The average Bonchev–Trinajstić information content (AvgIpc) is 3.16. The number of hydrogen-bond donors (Lipinski definition) is 2. The van der Waals surface area contributed by atoms with Crippen LogP contribution in [-0.4, -0.2) is 58.2 Å². The fourth-order valence-electron chi connectivity index (χ4n) is 3.10. The van der Waals surface area contributed by atoms with Crippen molar-refractivity contribution in [2.45, 2.75) is 32.4 Å². The number of nitrogens with one attached hydrogen (secondary N) is 2. The number of ether oxygens (including phenoxy) is 1. The maximum atomic E-state index is 12.4. The molecule has 0 radical (unpaired) electrons. The lowest BCUT2D eigenvalue weighted by molar-refractivity contribution is 0.0941. The number of methoxy groups -OCH3 is 1. The number of aromatic nitrogens is 4. The van der Waals surface area contributed by atoms with E-state index in [0.717, 1.165) is 30.3 Å². The average molecular weight is 330 g/mol. The van der Waals surface area contributed by atoms with Crippen molar-refractivity contribution in [1.29, 1.82) is 0 Å². The molecule has 2 aromatic rings. The molecule has 2 aromatic heterocycles. The highest BCUT2D eigenvalue weighted by molar-refractivity contribution is 5.93. The first kappa shape index (κ1) is 16.4. The number of hydrogen-bond acceptors (Lipinski definition) is 6. The maximum absolute atomic E-state index is 12.4. The van der Waals surface area contributed by atoms with Gasteiger partial charge in [0.2, 0.25) is 0 Å². The smallest absolute Gasteiger partial charge is 0.271 e. The van der Waals surface area contributed by atoms with Crippen molar-refractivity contribution < 1.29 is 9.53 Å². The van der Waals surface area contributed by atoms with Crippen LogP contribution in [0.4, 0.5) is 5.82 Å². The number of nitrogens with zero attached hydrogens (tertiary/aromatic N) is 4. The fraction of sp³-hybridized carbons (Fsp3) is 0.500. The zero-order chi connectivity index (χ0) is 17.1. The van der Waals surface area contributed by atoms with Crippen molar-refractivity contribution in [2.24, 2.45) is 0 Å². The van der Waals surface area contributed by atoms with Gasteiger partial charge >= 0.3 is 0 Å². The highest BCUT2D eigenvalue weighted by Gasteiger charge is 2.33. The number of carbonyl (C=O) groups excluding carboxylic acids is 1. The molecule has 0 spiro atoms. The molecule has 1 amide bonds. The SMILES string of the molecule is CO[C@@H]1C[C@H](CNC(=O)c2nc(C)[nH]c2C)N(c2ccncn2)C1. The molecular weight excluding hydrogens is 308 g/mol. The van der Waals surface area contributed by atoms with Crippen LogP contribution in [0.5, 0.6) is 0 Å². The van der Waals surface area contributed by atoms with Crippen molar-refractivity contribution >= 4 is 11.7 Å². The number of H-pyrrole nitrogens is 1. The van der Waals surface area contributed by atoms with Crippen molar-refractivity contribution in [3.05, 3.63) is 35.8 Å². The molecule has 0 unspecified atom stereocenters. The number of aromatic amines is 1. The molecule has 0 saturated carbocycles. The van der Waals surface area contributed by atoms with Gasteiger partial charge < -0.3 is 19.9 Å². The molecule has 2 atom stereocenters. The Hall–Kier alpha value is -2.48. The van der Waals surface area contributed by atoms with Crippen molar-refractivity contribution in [3.63, 3.8) is 0 Å². The van der Waals surface area contributed by atoms with Crippen LogP contribution >= 0.6 is 0 Å². The normalized spacial score (nSPS) is 20.4. The van der Waals surface area contributed by atoms with Gasteiger partial charge in [-0.15, -0.1) is 0 Å². The molecule has 24 heavy (non-hydrogen) atoms. The second-order valence-electron chi connectivity index (χ2n) is 5.97. The third-order valence-corrected chi connectivity index (χ3v) is 4.29. The van der Waals surface area contributed by atoms with Crippen LogP contribution in [0.1, 0.15) is 28.4 Å².